The first-order valence-electron chi connectivity index (χ1n) is 5.21. The molecule has 2 atom stereocenters. The fraction of sp³-hybridized carbons (Fsp3) is 1.00. The highest BCUT2D eigenvalue weighted by Crippen LogP contribution is 2.25. The highest BCUT2D eigenvalue weighted by Gasteiger charge is 2.32. The van der Waals surface area contributed by atoms with Crippen LogP contribution in [0, 0.1) is 0 Å². The molecule has 1 N–H and O–H groups in total. The van der Waals surface area contributed by atoms with Gasteiger partial charge in [0.1, 0.15) is 0 Å². The Morgan fingerprint density at radius 3 is 2.00 bits per heavy atom. The summed E-state index contributed by atoms with van der Waals surface area (Å²) in [5.41, 5.74) is 0. The van der Waals surface area contributed by atoms with E-state index >= 15 is 0 Å². The van der Waals surface area contributed by atoms with Crippen LogP contribution in [0.1, 0.15) is 39.5 Å². The van der Waals surface area contributed by atoms with Gasteiger partial charge in [-0.3, -0.25) is 4.90 Å². The molecule has 0 saturated heterocycles. The van der Waals surface area contributed by atoms with E-state index in [-0.39, 0.29) is 6.10 Å². The summed E-state index contributed by atoms with van der Waals surface area (Å²) in [6, 6.07) is 0.477. The van der Waals surface area contributed by atoms with Crippen LogP contribution in [0.4, 0.5) is 0 Å². The Kier molecular flexibility index (Phi) is 4.02. The van der Waals surface area contributed by atoms with Crippen molar-refractivity contribution in [2.24, 2.45) is 0 Å². The molecule has 0 unspecified atom stereocenters. The van der Waals surface area contributed by atoms with Gasteiger partial charge in [0.25, 0.3) is 0 Å². The van der Waals surface area contributed by atoms with Gasteiger partial charge in [-0.25, -0.2) is 0 Å². The van der Waals surface area contributed by atoms with Gasteiger partial charge in [-0.05, 0) is 38.8 Å². The summed E-state index contributed by atoms with van der Waals surface area (Å²) in [6.45, 7) is 6.70. The van der Waals surface area contributed by atoms with E-state index in [0.717, 1.165) is 19.5 Å². The van der Waals surface area contributed by atoms with Gasteiger partial charge in [0.15, 0.2) is 0 Å². The van der Waals surface area contributed by atoms with Crippen molar-refractivity contribution in [2.45, 2.75) is 51.7 Å². The molecule has 0 aromatic rings. The largest absolute Gasteiger partial charge is 0.391 e. The number of hydrogen-bond acceptors (Lipinski definition) is 2. The van der Waals surface area contributed by atoms with Gasteiger partial charge in [0.05, 0.1) is 6.10 Å². The minimum absolute atomic E-state index is 0.0388. The van der Waals surface area contributed by atoms with E-state index in [1.165, 1.54) is 19.3 Å². The molecule has 0 heterocycles. The molecule has 1 rings (SSSR count). The zero-order valence-electron chi connectivity index (χ0n) is 8.29. The number of aliphatic hydroxyl groups excluding tert-OH is 1. The Morgan fingerprint density at radius 1 is 1.17 bits per heavy atom. The molecule has 0 amide bonds. The summed E-state index contributed by atoms with van der Waals surface area (Å²) in [7, 11) is 0. The average Bonchev–Trinajstić information content (AvgIpc) is 2.03. The van der Waals surface area contributed by atoms with Crippen molar-refractivity contribution in [3.05, 3.63) is 0 Å². The Morgan fingerprint density at radius 2 is 1.75 bits per heavy atom. The molecule has 1 aliphatic carbocycles. The highest BCUT2D eigenvalue weighted by atomic mass is 16.3. The van der Waals surface area contributed by atoms with Crippen LogP contribution in [-0.4, -0.2) is 35.2 Å². The molecule has 0 aromatic heterocycles. The Balaban J connectivity index is 2.30. The van der Waals surface area contributed by atoms with E-state index in [1.54, 1.807) is 0 Å². The summed E-state index contributed by atoms with van der Waals surface area (Å²) < 4.78 is 0. The molecule has 0 aromatic carbocycles. The van der Waals surface area contributed by atoms with E-state index in [2.05, 4.69) is 18.7 Å². The first-order chi connectivity index (χ1) is 5.79. The van der Waals surface area contributed by atoms with E-state index in [9.17, 15) is 5.11 Å². The second-order valence-electron chi connectivity index (χ2n) is 3.75. The van der Waals surface area contributed by atoms with Crippen LogP contribution in [0.3, 0.4) is 0 Å². The Hall–Kier alpha value is -0.0800. The number of rotatable bonds is 5. The summed E-state index contributed by atoms with van der Waals surface area (Å²) in [6.07, 6.45) is 4.56. The van der Waals surface area contributed by atoms with Crippen LogP contribution >= 0.6 is 0 Å². The summed E-state index contributed by atoms with van der Waals surface area (Å²) in [5.74, 6) is 0. The van der Waals surface area contributed by atoms with E-state index < -0.39 is 0 Å². The molecular formula is C10H21NO. The second kappa shape index (κ2) is 4.83. The lowest BCUT2D eigenvalue weighted by molar-refractivity contribution is -0.0210. The number of hydrogen-bond donors (Lipinski definition) is 1. The molecule has 2 heteroatoms. The fourth-order valence-corrected chi connectivity index (χ4v) is 1.91. The van der Waals surface area contributed by atoms with Crippen LogP contribution in [0.2, 0.25) is 0 Å². The summed E-state index contributed by atoms with van der Waals surface area (Å²) >= 11 is 0. The summed E-state index contributed by atoms with van der Waals surface area (Å²) in [4.78, 5) is 2.44. The molecule has 0 radical (unpaired) electrons. The first-order valence-corrected chi connectivity index (χ1v) is 5.21. The van der Waals surface area contributed by atoms with Crippen LogP contribution in [0.5, 0.6) is 0 Å². The number of nitrogens with zero attached hydrogens (tertiary/aromatic N) is 1. The van der Waals surface area contributed by atoms with Crippen molar-refractivity contribution in [1.82, 2.24) is 4.90 Å². The zero-order valence-corrected chi connectivity index (χ0v) is 8.29. The molecular weight excluding hydrogens is 150 g/mol. The van der Waals surface area contributed by atoms with Crippen LogP contribution in [0.25, 0.3) is 0 Å². The maximum Gasteiger partial charge on any atom is 0.0696 e. The maximum absolute atomic E-state index is 9.49. The summed E-state index contributed by atoms with van der Waals surface area (Å²) in [5, 5.41) is 9.49. The van der Waals surface area contributed by atoms with E-state index in [1.807, 2.05) is 0 Å². The van der Waals surface area contributed by atoms with Gasteiger partial charge < -0.3 is 5.11 Å². The lowest BCUT2D eigenvalue weighted by Crippen LogP contribution is -2.51. The van der Waals surface area contributed by atoms with Gasteiger partial charge in [0, 0.05) is 6.04 Å². The smallest absolute Gasteiger partial charge is 0.0696 e. The molecule has 72 valence electrons. The van der Waals surface area contributed by atoms with Gasteiger partial charge in [-0.1, -0.05) is 13.8 Å². The first kappa shape index (κ1) is 10.0. The average molecular weight is 171 g/mol. The normalized spacial score (nSPS) is 29.0. The van der Waals surface area contributed by atoms with Gasteiger partial charge in [0.2, 0.25) is 0 Å². The topological polar surface area (TPSA) is 23.5 Å². The third-order valence-electron chi connectivity index (χ3n) is 2.69. The standard InChI is InChI=1S/C10H21NO/c1-3-7-11(8-4-2)9-5-6-10(9)12/h9-10,12H,3-8H2,1-2H3/t9-,10-/m1/s1. The molecule has 1 fully saturated rings. The van der Waals surface area contributed by atoms with Crippen molar-refractivity contribution >= 4 is 0 Å². The minimum Gasteiger partial charge on any atom is -0.391 e. The fourth-order valence-electron chi connectivity index (χ4n) is 1.91. The predicted molar refractivity (Wildman–Crippen MR) is 51.2 cm³/mol. The quantitative estimate of drug-likeness (QED) is 0.679. The number of aliphatic hydroxyl groups is 1. The van der Waals surface area contributed by atoms with Gasteiger partial charge in [-0.2, -0.15) is 0 Å². The SMILES string of the molecule is CCCN(CCC)[C@@H]1CC[C@H]1O. The van der Waals surface area contributed by atoms with Crippen molar-refractivity contribution in [2.75, 3.05) is 13.1 Å². The van der Waals surface area contributed by atoms with Crippen molar-refractivity contribution in [3.63, 3.8) is 0 Å². The van der Waals surface area contributed by atoms with Crippen molar-refractivity contribution < 1.29 is 5.11 Å². The third kappa shape index (κ3) is 2.20. The highest BCUT2D eigenvalue weighted by molar-refractivity contribution is 4.88. The molecule has 0 bridgehead atoms. The second-order valence-corrected chi connectivity index (χ2v) is 3.75. The lowest BCUT2D eigenvalue weighted by Gasteiger charge is -2.41. The monoisotopic (exact) mass is 171 g/mol. The van der Waals surface area contributed by atoms with Crippen molar-refractivity contribution in [1.29, 1.82) is 0 Å². The predicted octanol–water partition coefficient (Wildman–Crippen LogP) is 1.63. The lowest BCUT2D eigenvalue weighted by atomic mass is 9.87. The van der Waals surface area contributed by atoms with E-state index in [0.29, 0.717) is 6.04 Å². The molecule has 12 heavy (non-hydrogen) atoms. The Labute approximate surface area is 75.6 Å². The molecule has 0 spiro atoms. The maximum atomic E-state index is 9.49. The molecule has 2 nitrogen and oxygen atoms in total. The Bertz CT molecular complexity index is 121. The molecule has 0 aliphatic heterocycles. The van der Waals surface area contributed by atoms with Crippen molar-refractivity contribution in [3.8, 4) is 0 Å². The van der Waals surface area contributed by atoms with Crippen LogP contribution in [-0.2, 0) is 0 Å². The van der Waals surface area contributed by atoms with E-state index in [4.69, 9.17) is 0 Å². The zero-order chi connectivity index (χ0) is 8.97. The van der Waals surface area contributed by atoms with Crippen LogP contribution < -0.4 is 0 Å². The molecule has 1 saturated carbocycles. The van der Waals surface area contributed by atoms with Crippen LogP contribution in [0.15, 0.2) is 0 Å². The third-order valence-corrected chi connectivity index (χ3v) is 2.69. The molecule has 1 aliphatic rings. The minimum atomic E-state index is -0.0388. The van der Waals surface area contributed by atoms with Gasteiger partial charge >= 0.3 is 0 Å². The van der Waals surface area contributed by atoms with Gasteiger partial charge in [-0.15, -0.1) is 0 Å².